The fraction of sp³-hybridized carbons (Fsp3) is 0.385. The number of benzene rings is 1. The summed E-state index contributed by atoms with van der Waals surface area (Å²) in [6.07, 6.45) is 2.23. The summed E-state index contributed by atoms with van der Waals surface area (Å²) in [5.74, 6) is -1.16. The molecule has 1 aromatic carbocycles. The number of amides is 1. The van der Waals surface area contributed by atoms with Crippen LogP contribution >= 0.6 is 31.9 Å². The van der Waals surface area contributed by atoms with E-state index in [1.807, 2.05) is 6.07 Å². The molecule has 0 aromatic heterocycles. The summed E-state index contributed by atoms with van der Waals surface area (Å²) in [4.78, 5) is 25.1. The average Bonchev–Trinajstić information content (AvgIpc) is 2.36. The van der Waals surface area contributed by atoms with Gasteiger partial charge >= 0.3 is 5.97 Å². The van der Waals surface area contributed by atoms with Gasteiger partial charge in [-0.3, -0.25) is 4.79 Å². The van der Waals surface area contributed by atoms with Crippen molar-refractivity contribution < 1.29 is 14.7 Å². The zero-order chi connectivity index (χ0) is 14.0. The standard InChI is InChI=1S/C13H13Br2NO3/c14-9-5-8(6-10(15)7-9)12(17)16-4-2-1-3-11(16)13(18)19/h5-7,11H,1-4H2,(H,18,19). The molecular weight excluding hydrogens is 378 g/mol. The third kappa shape index (κ3) is 3.36. The van der Waals surface area contributed by atoms with Gasteiger partial charge in [0.05, 0.1) is 0 Å². The van der Waals surface area contributed by atoms with Crippen LogP contribution in [0.15, 0.2) is 27.1 Å². The first-order valence-electron chi connectivity index (χ1n) is 5.99. The molecule has 4 nitrogen and oxygen atoms in total. The van der Waals surface area contributed by atoms with Crippen molar-refractivity contribution in [2.45, 2.75) is 25.3 Å². The average molecular weight is 391 g/mol. The van der Waals surface area contributed by atoms with E-state index in [2.05, 4.69) is 31.9 Å². The Labute approximate surface area is 128 Å². The molecule has 6 heteroatoms. The molecule has 1 aliphatic rings. The Kier molecular flexibility index (Phi) is 4.62. The summed E-state index contributed by atoms with van der Waals surface area (Å²) in [5.41, 5.74) is 0.495. The zero-order valence-corrected chi connectivity index (χ0v) is 13.3. The number of halogens is 2. The number of rotatable bonds is 2. The molecule has 102 valence electrons. The van der Waals surface area contributed by atoms with Crippen LogP contribution in [0.4, 0.5) is 0 Å². The molecule has 0 radical (unpaired) electrons. The van der Waals surface area contributed by atoms with Gasteiger partial charge < -0.3 is 10.0 Å². The van der Waals surface area contributed by atoms with Gasteiger partial charge in [0.15, 0.2) is 0 Å². The lowest BCUT2D eigenvalue weighted by atomic mass is 10.0. The number of piperidine rings is 1. The van der Waals surface area contributed by atoms with Crippen LogP contribution in [0.2, 0.25) is 0 Å². The van der Waals surface area contributed by atoms with Crippen LogP contribution < -0.4 is 0 Å². The summed E-state index contributed by atoms with van der Waals surface area (Å²) < 4.78 is 1.57. The van der Waals surface area contributed by atoms with Crippen molar-refractivity contribution in [2.24, 2.45) is 0 Å². The number of likely N-dealkylation sites (tertiary alicyclic amines) is 1. The van der Waals surface area contributed by atoms with E-state index in [0.717, 1.165) is 21.8 Å². The fourth-order valence-electron chi connectivity index (χ4n) is 2.27. The third-order valence-corrected chi connectivity index (χ3v) is 4.07. The topological polar surface area (TPSA) is 57.6 Å². The smallest absolute Gasteiger partial charge is 0.326 e. The van der Waals surface area contributed by atoms with Crippen molar-refractivity contribution in [3.63, 3.8) is 0 Å². The molecule has 1 saturated heterocycles. The molecule has 0 aliphatic carbocycles. The van der Waals surface area contributed by atoms with Crippen molar-refractivity contribution in [3.05, 3.63) is 32.7 Å². The molecule has 1 fully saturated rings. The van der Waals surface area contributed by atoms with Gasteiger partial charge in [-0.25, -0.2) is 4.79 Å². The largest absolute Gasteiger partial charge is 0.480 e. The van der Waals surface area contributed by atoms with Crippen molar-refractivity contribution in [1.29, 1.82) is 0 Å². The molecule has 2 rings (SSSR count). The van der Waals surface area contributed by atoms with E-state index in [4.69, 9.17) is 0 Å². The SMILES string of the molecule is O=C(O)C1CCCCN1C(=O)c1cc(Br)cc(Br)c1. The van der Waals surface area contributed by atoms with Gasteiger partial charge in [0.1, 0.15) is 6.04 Å². The Hall–Kier alpha value is -0.880. The summed E-state index contributed by atoms with van der Waals surface area (Å²) >= 11 is 6.66. The number of hydrogen-bond donors (Lipinski definition) is 1. The van der Waals surface area contributed by atoms with E-state index in [9.17, 15) is 14.7 Å². The maximum atomic E-state index is 12.4. The molecule has 0 saturated carbocycles. The van der Waals surface area contributed by atoms with E-state index in [0.29, 0.717) is 18.5 Å². The molecule has 1 N–H and O–H groups in total. The minimum absolute atomic E-state index is 0.228. The van der Waals surface area contributed by atoms with Gasteiger partial charge in [-0.15, -0.1) is 0 Å². The molecule has 1 unspecified atom stereocenters. The van der Waals surface area contributed by atoms with E-state index in [1.165, 1.54) is 4.90 Å². The minimum Gasteiger partial charge on any atom is -0.480 e. The number of carboxylic acids is 1. The van der Waals surface area contributed by atoms with E-state index < -0.39 is 12.0 Å². The summed E-state index contributed by atoms with van der Waals surface area (Å²) in [6.45, 7) is 0.500. The molecular formula is C13H13Br2NO3. The van der Waals surface area contributed by atoms with Crippen molar-refractivity contribution in [2.75, 3.05) is 6.54 Å². The second-order valence-corrected chi connectivity index (χ2v) is 6.34. The molecule has 1 heterocycles. The Morgan fingerprint density at radius 3 is 2.37 bits per heavy atom. The Morgan fingerprint density at radius 1 is 1.16 bits per heavy atom. The highest BCUT2D eigenvalue weighted by Gasteiger charge is 2.32. The number of carbonyl (C=O) groups is 2. The van der Waals surface area contributed by atoms with Gasteiger partial charge in [0.2, 0.25) is 0 Å². The van der Waals surface area contributed by atoms with E-state index >= 15 is 0 Å². The highest BCUT2D eigenvalue weighted by Crippen LogP contribution is 2.24. The minimum atomic E-state index is -0.929. The highest BCUT2D eigenvalue weighted by molar-refractivity contribution is 9.11. The number of aliphatic carboxylic acids is 1. The second-order valence-electron chi connectivity index (χ2n) is 4.51. The molecule has 19 heavy (non-hydrogen) atoms. The fourth-order valence-corrected chi connectivity index (χ4v) is 3.57. The lowest BCUT2D eigenvalue weighted by molar-refractivity contribution is -0.143. The van der Waals surface area contributed by atoms with Crippen LogP contribution in [0, 0.1) is 0 Å². The molecule has 1 aromatic rings. The summed E-state index contributed by atoms with van der Waals surface area (Å²) in [6, 6.07) is 4.54. The van der Waals surface area contributed by atoms with Gasteiger partial charge in [-0.05, 0) is 37.5 Å². The van der Waals surface area contributed by atoms with Crippen LogP contribution in [-0.2, 0) is 4.79 Å². The summed E-state index contributed by atoms with van der Waals surface area (Å²) in [7, 11) is 0. The van der Waals surface area contributed by atoms with Crippen molar-refractivity contribution >= 4 is 43.7 Å². The first-order chi connectivity index (χ1) is 8.99. The molecule has 0 bridgehead atoms. The molecule has 1 aliphatic heterocycles. The quantitative estimate of drug-likeness (QED) is 0.842. The maximum Gasteiger partial charge on any atom is 0.326 e. The number of hydrogen-bond acceptors (Lipinski definition) is 2. The molecule has 1 amide bonds. The lowest BCUT2D eigenvalue weighted by Crippen LogP contribution is -2.48. The number of carboxylic acid groups (broad SMARTS) is 1. The second kappa shape index (κ2) is 6.05. The lowest BCUT2D eigenvalue weighted by Gasteiger charge is -2.33. The Bertz CT molecular complexity index is 498. The summed E-state index contributed by atoms with van der Waals surface area (Å²) in [5, 5.41) is 9.20. The Morgan fingerprint density at radius 2 is 1.79 bits per heavy atom. The van der Waals surface area contributed by atoms with Crippen molar-refractivity contribution in [1.82, 2.24) is 4.90 Å². The monoisotopic (exact) mass is 389 g/mol. The van der Waals surface area contributed by atoms with Gasteiger partial charge in [0, 0.05) is 21.1 Å². The number of carbonyl (C=O) groups excluding carboxylic acids is 1. The first kappa shape index (κ1) is 14.5. The van der Waals surface area contributed by atoms with E-state index in [-0.39, 0.29) is 5.91 Å². The zero-order valence-electron chi connectivity index (χ0n) is 10.1. The van der Waals surface area contributed by atoms with Gasteiger partial charge in [-0.1, -0.05) is 31.9 Å². The maximum absolute atomic E-state index is 12.4. The number of nitrogens with zero attached hydrogens (tertiary/aromatic N) is 1. The molecule has 1 atom stereocenters. The highest BCUT2D eigenvalue weighted by atomic mass is 79.9. The van der Waals surface area contributed by atoms with Crippen LogP contribution in [0.3, 0.4) is 0 Å². The van der Waals surface area contributed by atoms with Gasteiger partial charge in [-0.2, -0.15) is 0 Å². The van der Waals surface area contributed by atoms with Crippen LogP contribution in [0.5, 0.6) is 0 Å². The first-order valence-corrected chi connectivity index (χ1v) is 7.57. The van der Waals surface area contributed by atoms with Crippen LogP contribution in [-0.4, -0.2) is 34.5 Å². The van der Waals surface area contributed by atoms with Crippen LogP contribution in [0.1, 0.15) is 29.6 Å². The van der Waals surface area contributed by atoms with Crippen LogP contribution in [0.25, 0.3) is 0 Å². The third-order valence-electron chi connectivity index (χ3n) is 3.16. The van der Waals surface area contributed by atoms with E-state index in [1.54, 1.807) is 12.1 Å². The van der Waals surface area contributed by atoms with Gasteiger partial charge in [0.25, 0.3) is 5.91 Å². The van der Waals surface area contributed by atoms with Crippen molar-refractivity contribution in [3.8, 4) is 0 Å². The molecule has 0 spiro atoms. The normalized spacial score (nSPS) is 19.3. The Balaban J connectivity index is 2.28. The predicted molar refractivity (Wildman–Crippen MR) is 78.2 cm³/mol. The predicted octanol–water partition coefficient (Wildman–Crippen LogP) is 3.29.